The Morgan fingerprint density at radius 3 is 2.93 bits per heavy atom. The molecule has 0 N–H and O–H groups in total. The SMILES string of the molecule is CCC#CCCc1cn(CCC)nn1. The molecule has 0 unspecified atom stereocenters. The van der Waals surface area contributed by atoms with Gasteiger partial charge in [-0.25, -0.2) is 0 Å². The van der Waals surface area contributed by atoms with Gasteiger partial charge in [-0.1, -0.05) is 19.1 Å². The molecule has 1 aromatic rings. The van der Waals surface area contributed by atoms with Crippen molar-refractivity contribution in [1.29, 1.82) is 0 Å². The molecule has 0 bridgehead atoms. The number of rotatable bonds is 4. The molecule has 0 saturated carbocycles. The average molecular weight is 191 g/mol. The van der Waals surface area contributed by atoms with E-state index in [1.807, 2.05) is 10.9 Å². The van der Waals surface area contributed by atoms with Crippen LogP contribution in [0.15, 0.2) is 6.20 Å². The number of aromatic nitrogens is 3. The second-order valence-electron chi connectivity index (χ2n) is 3.18. The molecule has 1 aromatic heterocycles. The van der Waals surface area contributed by atoms with E-state index in [-0.39, 0.29) is 0 Å². The van der Waals surface area contributed by atoms with E-state index >= 15 is 0 Å². The number of nitrogens with zero attached hydrogens (tertiary/aromatic N) is 3. The van der Waals surface area contributed by atoms with Gasteiger partial charge < -0.3 is 0 Å². The highest BCUT2D eigenvalue weighted by Gasteiger charge is 1.97. The fraction of sp³-hybridized carbons (Fsp3) is 0.636. The molecular formula is C11H17N3. The maximum atomic E-state index is 4.08. The Bertz CT molecular complexity index is 317. The largest absolute Gasteiger partial charge is 0.252 e. The lowest BCUT2D eigenvalue weighted by Crippen LogP contribution is -1.96. The minimum Gasteiger partial charge on any atom is -0.252 e. The minimum atomic E-state index is 0.888. The van der Waals surface area contributed by atoms with Crippen LogP contribution >= 0.6 is 0 Å². The van der Waals surface area contributed by atoms with Crippen LogP contribution < -0.4 is 0 Å². The first-order chi connectivity index (χ1) is 6.86. The van der Waals surface area contributed by atoms with Gasteiger partial charge in [-0.3, -0.25) is 4.68 Å². The second kappa shape index (κ2) is 6.20. The normalized spacial score (nSPS) is 9.57. The van der Waals surface area contributed by atoms with Crippen LogP contribution in [0.2, 0.25) is 0 Å². The van der Waals surface area contributed by atoms with Crippen LogP contribution in [0.5, 0.6) is 0 Å². The molecule has 0 aromatic carbocycles. The molecule has 1 heterocycles. The number of hydrogen-bond acceptors (Lipinski definition) is 2. The number of aryl methyl sites for hydroxylation is 2. The van der Waals surface area contributed by atoms with Gasteiger partial charge >= 0.3 is 0 Å². The van der Waals surface area contributed by atoms with Gasteiger partial charge in [0.1, 0.15) is 0 Å². The Morgan fingerprint density at radius 1 is 1.36 bits per heavy atom. The van der Waals surface area contributed by atoms with Crippen molar-refractivity contribution in [3.05, 3.63) is 11.9 Å². The molecule has 0 aliphatic carbocycles. The third-order valence-corrected chi connectivity index (χ3v) is 1.85. The van der Waals surface area contributed by atoms with Gasteiger partial charge in [0.15, 0.2) is 0 Å². The van der Waals surface area contributed by atoms with Gasteiger partial charge in [-0.05, 0) is 6.42 Å². The number of hydrogen-bond donors (Lipinski definition) is 0. The molecule has 0 aliphatic heterocycles. The van der Waals surface area contributed by atoms with Gasteiger partial charge in [-0.2, -0.15) is 0 Å². The molecule has 0 radical (unpaired) electrons. The first-order valence-electron chi connectivity index (χ1n) is 5.21. The lowest BCUT2D eigenvalue weighted by molar-refractivity contribution is 0.579. The molecule has 0 saturated heterocycles. The van der Waals surface area contributed by atoms with Crippen molar-refractivity contribution in [2.24, 2.45) is 0 Å². The molecule has 76 valence electrons. The quantitative estimate of drug-likeness (QED) is 0.682. The molecular weight excluding hydrogens is 174 g/mol. The molecule has 14 heavy (non-hydrogen) atoms. The third-order valence-electron chi connectivity index (χ3n) is 1.85. The highest BCUT2D eigenvalue weighted by Crippen LogP contribution is 1.98. The first kappa shape index (κ1) is 10.8. The molecule has 3 heteroatoms. The van der Waals surface area contributed by atoms with Crippen LogP contribution in [0.1, 0.15) is 38.8 Å². The van der Waals surface area contributed by atoms with Gasteiger partial charge in [0, 0.05) is 32.0 Å². The summed E-state index contributed by atoms with van der Waals surface area (Å²) >= 11 is 0. The monoisotopic (exact) mass is 191 g/mol. The Kier molecular flexibility index (Phi) is 4.77. The van der Waals surface area contributed by atoms with Crippen LogP contribution in [0, 0.1) is 11.8 Å². The van der Waals surface area contributed by atoms with Crippen LogP contribution in [-0.2, 0) is 13.0 Å². The summed E-state index contributed by atoms with van der Waals surface area (Å²) in [6.45, 7) is 5.15. The van der Waals surface area contributed by atoms with E-state index in [0.717, 1.165) is 37.9 Å². The summed E-state index contributed by atoms with van der Waals surface area (Å²) in [5.41, 5.74) is 1.05. The van der Waals surface area contributed by atoms with Crippen LogP contribution in [0.3, 0.4) is 0 Å². The highest BCUT2D eigenvalue weighted by molar-refractivity contribution is 5.02. The zero-order valence-electron chi connectivity index (χ0n) is 8.95. The van der Waals surface area contributed by atoms with E-state index in [1.54, 1.807) is 0 Å². The fourth-order valence-corrected chi connectivity index (χ4v) is 1.20. The predicted molar refractivity (Wildman–Crippen MR) is 56.7 cm³/mol. The highest BCUT2D eigenvalue weighted by atomic mass is 15.4. The summed E-state index contributed by atoms with van der Waals surface area (Å²) in [5, 5.41) is 8.10. The summed E-state index contributed by atoms with van der Waals surface area (Å²) in [6.07, 6.45) is 5.84. The fourth-order valence-electron chi connectivity index (χ4n) is 1.20. The van der Waals surface area contributed by atoms with Crippen molar-refractivity contribution in [1.82, 2.24) is 15.0 Å². The molecule has 3 nitrogen and oxygen atoms in total. The van der Waals surface area contributed by atoms with E-state index in [4.69, 9.17) is 0 Å². The van der Waals surface area contributed by atoms with Crippen molar-refractivity contribution in [2.75, 3.05) is 0 Å². The van der Waals surface area contributed by atoms with Crippen LogP contribution in [-0.4, -0.2) is 15.0 Å². The topological polar surface area (TPSA) is 30.7 Å². The van der Waals surface area contributed by atoms with Crippen LogP contribution in [0.4, 0.5) is 0 Å². The third kappa shape index (κ3) is 3.61. The van der Waals surface area contributed by atoms with Crippen molar-refractivity contribution < 1.29 is 0 Å². The van der Waals surface area contributed by atoms with Gasteiger partial charge in [0.05, 0.1) is 5.69 Å². The smallest absolute Gasteiger partial charge is 0.0836 e. The molecule has 0 amide bonds. The van der Waals surface area contributed by atoms with Crippen LogP contribution in [0.25, 0.3) is 0 Å². The van der Waals surface area contributed by atoms with Crippen molar-refractivity contribution in [2.45, 2.75) is 46.1 Å². The van der Waals surface area contributed by atoms with Crippen molar-refractivity contribution in [3.63, 3.8) is 0 Å². The Hall–Kier alpha value is -1.30. The molecule has 0 aliphatic rings. The summed E-state index contributed by atoms with van der Waals surface area (Å²) in [5.74, 6) is 6.14. The second-order valence-corrected chi connectivity index (χ2v) is 3.18. The maximum absolute atomic E-state index is 4.08. The molecule has 0 fully saturated rings. The zero-order chi connectivity index (χ0) is 10.2. The Labute approximate surface area is 85.5 Å². The van der Waals surface area contributed by atoms with E-state index in [2.05, 4.69) is 36.0 Å². The standard InChI is InChI=1S/C11H17N3/c1-3-5-6-7-8-11-10-14(9-4-2)13-12-11/h10H,3-4,7-9H2,1-2H3. The average Bonchev–Trinajstić information content (AvgIpc) is 2.61. The van der Waals surface area contributed by atoms with Crippen molar-refractivity contribution in [3.8, 4) is 11.8 Å². The summed E-state index contributed by atoms with van der Waals surface area (Å²) in [4.78, 5) is 0. The Balaban J connectivity index is 2.35. The van der Waals surface area contributed by atoms with Gasteiger partial charge in [0.2, 0.25) is 0 Å². The van der Waals surface area contributed by atoms with E-state index in [9.17, 15) is 0 Å². The lowest BCUT2D eigenvalue weighted by Gasteiger charge is -1.92. The van der Waals surface area contributed by atoms with E-state index in [1.165, 1.54) is 0 Å². The van der Waals surface area contributed by atoms with Crippen molar-refractivity contribution >= 4 is 0 Å². The summed E-state index contributed by atoms with van der Waals surface area (Å²) in [7, 11) is 0. The minimum absolute atomic E-state index is 0.888. The molecule has 1 rings (SSSR count). The lowest BCUT2D eigenvalue weighted by atomic mass is 10.2. The molecule has 0 spiro atoms. The van der Waals surface area contributed by atoms with E-state index < -0.39 is 0 Å². The first-order valence-corrected chi connectivity index (χ1v) is 5.21. The molecule has 0 atom stereocenters. The zero-order valence-corrected chi connectivity index (χ0v) is 8.95. The Morgan fingerprint density at radius 2 is 2.21 bits per heavy atom. The maximum Gasteiger partial charge on any atom is 0.0836 e. The summed E-state index contributed by atoms with van der Waals surface area (Å²) in [6, 6.07) is 0. The summed E-state index contributed by atoms with van der Waals surface area (Å²) < 4.78 is 1.89. The van der Waals surface area contributed by atoms with E-state index in [0.29, 0.717) is 0 Å². The predicted octanol–water partition coefficient (Wildman–Crippen LogP) is 2.03. The van der Waals surface area contributed by atoms with Gasteiger partial charge in [0.25, 0.3) is 0 Å². The van der Waals surface area contributed by atoms with Gasteiger partial charge in [-0.15, -0.1) is 16.9 Å².